The number of benzene rings is 2. The molecule has 4 heteroatoms. The molecule has 0 bridgehead atoms. The van der Waals surface area contributed by atoms with E-state index in [0.717, 1.165) is 24.2 Å². The van der Waals surface area contributed by atoms with Gasteiger partial charge in [-0.1, -0.05) is 44.7 Å². The Balaban J connectivity index is 0.000000309. The Hall–Kier alpha value is -3.16. The van der Waals surface area contributed by atoms with Crippen molar-refractivity contribution in [2.75, 3.05) is 24.2 Å². The number of nitrogens with zero attached hydrogens (tertiary/aromatic N) is 1. The van der Waals surface area contributed by atoms with E-state index in [0.29, 0.717) is 6.42 Å². The minimum Gasteiger partial charge on any atom is -0.461 e. The van der Waals surface area contributed by atoms with Gasteiger partial charge in [-0.05, 0) is 99.7 Å². The Kier molecular flexibility index (Phi) is 16.4. The van der Waals surface area contributed by atoms with Crippen LogP contribution in [0, 0.1) is 26.2 Å². The van der Waals surface area contributed by atoms with Crippen molar-refractivity contribution in [1.29, 1.82) is 0 Å². The molecule has 3 aromatic rings. The van der Waals surface area contributed by atoms with Crippen LogP contribution in [0.3, 0.4) is 0 Å². The molecular formula is C34H45NO2S. The number of anilines is 1. The fraction of sp³-hybridized carbons (Fsp3) is 0.382. The lowest BCUT2D eigenvalue weighted by Crippen LogP contribution is -2.29. The summed E-state index contributed by atoms with van der Waals surface area (Å²) in [6.07, 6.45) is 15.2. The molecule has 3 nitrogen and oxygen atoms in total. The molecule has 0 spiro atoms. The van der Waals surface area contributed by atoms with Gasteiger partial charge in [0.05, 0.1) is 0 Å². The Labute approximate surface area is 235 Å². The molecule has 1 fully saturated rings. The summed E-state index contributed by atoms with van der Waals surface area (Å²) in [5.41, 5.74) is 6.51. The topological polar surface area (TPSA) is 33.5 Å². The third-order valence-corrected chi connectivity index (χ3v) is 6.67. The number of hydrogen-bond donors (Lipinski definition) is 0. The number of aldehydes is 1. The van der Waals surface area contributed by atoms with Crippen LogP contribution in [-0.2, 0) is 11.2 Å². The molecule has 2 aromatic carbocycles. The van der Waals surface area contributed by atoms with E-state index in [2.05, 4.69) is 86.4 Å². The number of thioether (sulfide) groups is 1. The highest BCUT2D eigenvalue weighted by Gasteiger charge is 2.13. The number of hydrogen-bond acceptors (Lipinski definition) is 4. The predicted octanol–water partition coefficient (Wildman–Crippen LogP) is 9.40. The van der Waals surface area contributed by atoms with Crippen molar-refractivity contribution in [2.45, 2.75) is 71.6 Å². The third-order valence-electron chi connectivity index (χ3n) is 5.91. The molecule has 2 heterocycles. The third kappa shape index (κ3) is 11.1. The number of carbonyl (C=O) groups excluding carboxylic acids is 1. The second-order valence-electron chi connectivity index (χ2n) is 8.98. The highest BCUT2D eigenvalue weighted by atomic mass is 32.2. The molecule has 4 rings (SSSR count). The largest absolute Gasteiger partial charge is 0.461 e. The second-order valence-corrected chi connectivity index (χ2v) is 9.82. The van der Waals surface area contributed by atoms with Crippen molar-refractivity contribution in [3.63, 3.8) is 0 Å². The van der Waals surface area contributed by atoms with Crippen LogP contribution in [0.2, 0.25) is 0 Å². The van der Waals surface area contributed by atoms with Gasteiger partial charge in [-0.3, -0.25) is 0 Å². The van der Waals surface area contributed by atoms with E-state index in [9.17, 15) is 4.79 Å². The summed E-state index contributed by atoms with van der Waals surface area (Å²) in [6.45, 7) is 16.0. The maximum Gasteiger partial charge on any atom is 0.135 e. The lowest BCUT2D eigenvalue weighted by atomic mass is 10.0. The van der Waals surface area contributed by atoms with Crippen LogP contribution in [0.1, 0.15) is 68.9 Å². The monoisotopic (exact) mass is 531 g/mol. The fourth-order valence-corrected chi connectivity index (χ4v) is 4.85. The lowest BCUT2D eigenvalue weighted by molar-refractivity contribution is -0.107. The van der Waals surface area contributed by atoms with Gasteiger partial charge in [-0.25, -0.2) is 0 Å². The molecule has 0 atom stereocenters. The maximum absolute atomic E-state index is 9.17. The van der Waals surface area contributed by atoms with Crippen molar-refractivity contribution >= 4 is 29.8 Å². The van der Waals surface area contributed by atoms with E-state index in [1.807, 2.05) is 26.0 Å². The summed E-state index contributed by atoms with van der Waals surface area (Å²) in [7, 11) is 0. The molecule has 1 aromatic heterocycles. The van der Waals surface area contributed by atoms with Gasteiger partial charge in [-0.2, -0.15) is 0 Å². The first-order valence-corrected chi connectivity index (χ1v) is 14.6. The molecule has 0 unspecified atom stereocenters. The number of carbonyl (C=O) groups is 1. The number of piperidine rings is 1. The van der Waals surface area contributed by atoms with E-state index in [1.165, 1.54) is 65.2 Å². The van der Waals surface area contributed by atoms with Crippen molar-refractivity contribution in [3.05, 3.63) is 77.6 Å². The van der Waals surface area contributed by atoms with Crippen molar-refractivity contribution in [3.8, 4) is 23.7 Å². The van der Waals surface area contributed by atoms with Gasteiger partial charge in [0.25, 0.3) is 0 Å². The first-order valence-electron chi connectivity index (χ1n) is 13.4. The standard InChI is InChI=1S/C15H18OS.C13H17N.C3H6O.C3H4/c1-5-12-8-10(2)9-14(17-4)15(12)13-7-6-11(3)16-13;1-2-12-7-6-8-13(11-12)14-9-4-3-5-10-14;1-2-3-4;1-3-2/h6-9H,5H2,1-4H3;2,6-8,11H,1,3-5,9-10H2;3H,2H2,1H3;1H,2H3. The average Bonchev–Trinajstić information content (AvgIpc) is 3.39. The van der Waals surface area contributed by atoms with Crippen LogP contribution in [0.4, 0.5) is 5.69 Å². The first-order chi connectivity index (χ1) is 18.4. The Morgan fingerprint density at radius 3 is 2.24 bits per heavy atom. The fourth-order valence-electron chi connectivity index (χ4n) is 4.11. The zero-order chi connectivity index (χ0) is 28.3. The van der Waals surface area contributed by atoms with E-state index in [1.54, 1.807) is 18.7 Å². The summed E-state index contributed by atoms with van der Waals surface area (Å²) in [6, 6.07) is 17.2. The van der Waals surface area contributed by atoms with Crippen LogP contribution >= 0.6 is 11.8 Å². The van der Waals surface area contributed by atoms with Gasteiger partial charge in [0.2, 0.25) is 0 Å². The summed E-state index contributed by atoms with van der Waals surface area (Å²) < 4.78 is 5.78. The maximum atomic E-state index is 9.17. The van der Waals surface area contributed by atoms with E-state index >= 15 is 0 Å². The zero-order valence-corrected chi connectivity index (χ0v) is 25.0. The zero-order valence-electron chi connectivity index (χ0n) is 24.2. The highest BCUT2D eigenvalue weighted by Crippen LogP contribution is 2.35. The van der Waals surface area contributed by atoms with Gasteiger partial charge in [0, 0.05) is 35.7 Å². The van der Waals surface area contributed by atoms with Gasteiger partial charge < -0.3 is 14.1 Å². The van der Waals surface area contributed by atoms with Crippen LogP contribution in [-0.4, -0.2) is 25.6 Å². The molecule has 204 valence electrons. The van der Waals surface area contributed by atoms with Crippen LogP contribution < -0.4 is 4.90 Å². The molecule has 0 saturated carbocycles. The normalized spacial score (nSPS) is 11.9. The van der Waals surface area contributed by atoms with Gasteiger partial charge >= 0.3 is 0 Å². The van der Waals surface area contributed by atoms with E-state index in [4.69, 9.17) is 4.42 Å². The van der Waals surface area contributed by atoms with Gasteiger partial charge in [0.15, 0.2) is 0 Å². The smallest absolute Gasteiger partial charge is 0.135 e. The molecule has 0 aliphatic carbocycles. The van der Waals surface area contributed by atoms with Gasteiger partial charge in [-0.15, -0.1) is 24.1 Å². The number of terminal acetylenes is 1. The summed E-state index contributed by atoms with van der Waals surface area (Å²) >= 11 is 1.78. The Morgan fingerprint density at radius 2 is 1.74 bits per heavy atom. The van der Waals surface area contributed by atoms with E-state index < -0.39 is 0 Å². The first kappa shape index (κ1) is 32.9. The van der Waals surface area contributed by atoms with Gasteiger partial charge in [0.1, 0.15) is 17.8 Å². The second kappa shape index (κ2) is 19.0. The quantitative estimate of drug-likeness (QED) is 0.180. The lowest BCUT2D eigenvalue weighted by Gasteiger charge is -2.29. The molecule has 0 amide bonds. The summed E-state index contributed by atoms with van der Waals surface area (Å²) in [5, 5.41) is 0. The minimum atomic E-state index is 0.639. The molecule has 1 aliphatic rings. The SMILES string of the molecule is C#CC.C=Cc1cccc(N2CCCCC2)c1.CCC=O.CCc1cc(C)cc(SC)c1-c1ccc(C)o1. The average molecular weight is 532 g/mol. The van der Waals surface area contributed by atoms with Crippen molar-refractivity contribution in [1.82, 2.24) is 0 Å². The summed E-state index contributed by atoms with van der Waals surface area (Å²) in [5.74, 6) is 4.21. The minimum absolute atomic E-state index is 0.639. The molecule has 1 saturated heterocycles. The Bertz CT molecular complexity index is 1120. The molecular weight excluding hydrogens is 486 g/mol. The number of aryl methyl sites for hydroxylation is 3. The molecule has 1 aliphatic heterocycles. The summed E-state index contributed by atoms with van der Waals surface area (Å²) in [4.78, 5) is 12.9. The molecule has 38 heavy (non-hydrogen) atoms. The van der Waals surface area contributed by atoms with Crippen molar-refractivity contribution < 1.29 is 9.21 Å². The number of furan rings is 1. The highest BCUT2D eigenvalue weighted by molar-refractivity contribution is 7.98. The predicted molar refractivity (Wildman–Crippen MR) is 168 cm³/mol. The van der Waals surface area contributed by atoms with Crippen molar-refractivity contribution in [2.24, 2.45) is 0 Å². The van der Waals surface area contributed by atoms with Crippen LogP contribution in [0.15, 0.2) is 64.4 Å². The molecule has 0 N–H and O–H groups in total. The number of rotatable bonds is 6. The Morgan fingerprint density at radius 1 is 1.08 bits per heavy atom. The van der Waals surface area contributed by atoms with Crippen LogP contribution in [0.5, 0.6) is 0 Å². The van der Waals surface area contributed by atoms with Crippen LogP contribution in [0.25, 0.3) is 17.4 Å². The van der Waals surface area contributed by atoms with E-state index in [-0.39, 0.29) is 0 Å². The molecule has 0 radical (unpaired) electrons.